The number of carbonyl (C=O) groups is 3. The first-order valence-electron chi connectivity index (χ1n) is 11.3. The van der Waals surface area contributed by atoms with Crippen LogP contribution in [0.5, 0.6) is 0 Å². The maximum atomic E-state index is 13.6. The third kappa shape index (κ3) is 5.32. The Morgan fingerprint density at radius 2 is 1.63 bits per heavy atom. The van der Waals surface area contributed by atoms with E-state index in [2.05, 4.69) is 22.8 Å². The lowest BCUT2D eigenvalue weighted by atomic mass is 9.98. The second-order valence-corrected chi connectivity index (χ2v) is 8.33. The van der Waals surface area contributed by atoms with Crippen LogP contribution in [0.15, 0.2) is 66.7 Å². The summed E-state index contributed by atoms with van der Waals surface area (Å²) in [6, 6.07) is 18.9. The van der Waals surface area contributed by atoms with E-state index < -0.39 is 35.4 Å². The standard InChI is InChI=1S/C27H25FN2O5/c1-2-16(14-25(31)29-17-11-12-24(28)22(13-17)26(32)33)30-27(34)35-15-23-20-9-5-3-7-18(20)19-8-4-6-10-21(19)23/h3-13,16,23H,2,14-15H2,1H3,(H,29,31)(H,30,34)(H,32,33). The van der Waals surface area contributed by atoms with Crippen molar-refractivity contribution in [2.45, 2.75) is 31.7 Å². The average molecular weight is 477 g/mol. The van der Waals surface area contributed by atoms with Crippen molar-refractivity contribution in [1.82, 2.24) is 5.32 Å². The molecule has 4 rings (SSSR count). The molecule has 2 amide bonds. The number of ether oxygens (including phenoxy) is 1. The number of hydrogen-bond donors (Lipinski definition) is 3. The van der Waals surface area contributed by atoms with Gasteiger partial charge in [-0.3, -0.25) is 4.79 Å². The molecule has 0 aliphatic heterocycles. The molecule has 0 aromatic heterocycles. The van der Waals surface area contributed by atoms with E-state index >= 15 is 0 Å². The molecule has 1 unspecified atom stereocenters. The zero-order valence-corrected chi connectivity index (χ0v) is 19.1. The van der Waals surface area contributed by atoms with Crippen LogP contribution < -0.4 is 10.6 Å². The molecule has 0 heterocycles. The van der Waals surface area contributed by atoms with Crippen LogP contribution in [0.1, 0.15) is 47.2 Å². The van der Waals surface area contributed by atoms with E-state index in [-0.39, 0.29) is 24.6 Å². The van der Waals surface area contributed by atoms with Crippen LogP contribution in [0, 0.1) is 5.82 Å². The molecule has 1 aliphatic rings. The van der Waals surface area contributed by atoms with Crippen molar-refractivity contribution in [3.63, 3.8) is 0 Å². The molecule has 0 saturated carbocycles. The number of alkyl carbamates (subject to hydrolysis) is 1. The molecule has 0 radical (unpaired) electrons. The SMILES string of the molecule is CCC(CC(=O)Nc1ccc(F)c(C(=O)O)c1)NC(=O)OCC1c2ccccc2-c2ccccc21. The molecule has 180 valence electrons. The van der Waals surface area contributed by atoms with Gasteiger partial charge >= 0.3 is 12.1 Å². The van der Waals surface area contributed by atoms with E-state index in [1.54, 1.807) is 0 Å². The summed E-state index contributed by atoms with van der Waals surface area (Å²) in [5.74, 6) is -2.84. The minimum Gasteiger partial charge on any atom is -0.478 e. The van der Waals surface area contributed by atoms with Crippen molar-refractivity contribution in [2.24, 2.45) is 0 Å². The zero-order chi connectivity index (χ0) is 24.9. The highest BCUT2D eigenvalue weighted by Gasteiger charge is 2.29. The van der Waals surface area contributed by atoms with Crippen molar-refractivity contribution in [3.05, 3.63) is 89.2 Å². The molecule has 1 aliphatic carbocycles. The quantitative estimate of drug-likeness (QED) is 0.416. The Bertz CT molecular complexity index is 1230. The van der Waals surface area contributed by atoms with E-state index in [9.17, 15) is 18.8 Å². The Hall–Kier alpha value is -4.20. The van der Waals surface area contributed by atoms with Crippen LogP contribution in [0.3, 0.4) is 0 Å². The van der Waals surface area contributed by atoms with Crippen LogP contribution in [0.4, 0.5) is 14.9 Å². The summed E-state index contributed by atoms with van der Waals surface area (Å²) >= 11 is 0. The van der Waals surface area contributed by atoms with Gasteiger partial charge < -0.3 is 20.5 Å². The van der Waals surface area contributed by atoms with Gasteiger partial charge in [0.2, 0.25) is 5.91 Å². The minimum absolute atomic E-state index is 0.0551. The highest BCUT2D eigenvalue weighted by molar-refractivity contribution is 5.94. The van der Waals surface area contributed by atoms with Gasteiger partial charge in [-0.25, -0.2) is 14.0 Å². The first kappa shape index (κ1) is 23.9. The largest absolute Gasteiger partial charge is 0.478 e. The fourth-order valence-electron chi connectivity index (χ4n) is 4.31. The number of hydrogen-bond acceptors (Lipinski definition) is 4. The Morgan fingerprint density at radius 3 is 2.23 bits per heavy atom. The van der Waals surface area contributed by atoms with Crippen molar-refractivity contribution < 1.29 is 28.6 Å². The Morgan fingerprint density at radius 1 is 1.00 bits per heavy atom. The Labute approximate surface area is 201 Å². The van der Waals surface area contributed by atoms with Crippen molar-refractivity contribution >= 4 is 23.7 Å². The number of carboxylic acid groups (broad SMARTS) is 1. The van der Waals surface area contributed by atoms with Gasteiger partial charge in [0, 0.05) is 24.1 Å². The molecule has 3 aromatic rings. The first-order chi connectivity index (χ1) is 16.9. The van der Waals surface area contributed by atoms with Crippen LogP contribution in [-0.2, 0) is 9.53 Å². The monoisotopic (exact) mass is 476 g/mol. The lowest BCUT2D eigenvalue weighted by Crippen LogP contribution is -2.38. The Kier molecular flexibility index (Phi) is 7.10. The smallest absolute Gasteiger partial charge is 0.407 e. The molecule has 3 N–H and O–H groups in total. The normalized spacial score (nSPS) is 12.9. The molecule has 0 saturated heterocycles. The summed E-state index contributed by atoms with van der Waals surface area (Å²) in [5, 5.41) is 14.3. The molecule has 0 bridgehead atoms. The maximum absolute atomic E-state index is 13.6. The van der Waals surface area contributed by atoms with Crippen LogP contribution in [-0.4, -0.2) is 35.7 Å². The summed E-state index contributed by atoms with van der Waals surface area (Å²) < 4.78 is 19.1. The summed E-state index contributed by atoms with van der Waals surface area (Å²) in [6.45, 7) is 1.98. The van der Waals surface area contributed by atoms with Crippen LogP contribution in [0.2, 0.25) is 0 Å². The minimum atomic E-state index is -1.43. The molecule has 8 heteroatoms. The third-order valence-electron chi connectivity index (χ3n) is 6.07. The zero-order valence-electron chi connectivity index (χ0n) is 19.1. The van der Waals surface area contributed by atoms with E-state index in [1.165, 1.54) is 6.07 Å². The highest BCUT2D eigenvalue weighted by Crippen LogP contribution is 2.44. The van der Waals surface area contributed by atoms with Gasteiger partial charge in [0.15, 0.2) is 0 Å². The van der Waals surface area contributed by atoms with Gasteiger partial charge in [-0.1, -0.05) is 55.5 Å². The van der Waals surface area contributed by atoms with Crippen LogP contribution >= 0.6 is 0 Å². The molecule has 0 spiro atoms. The van der Waals surface area contributed by atoms with Crippen molar-refractivity contribution in [3.8, 4) is 11.1 Å². The van der Waals surface area contributed by atoms with Gasteiger partial charge in [0.1, 0.15) is 12.4 Å². The topological polar surface area (TPSA) is 105 Å². The predicted molar refractivity (Wildman–Crippen MR) is 129 cm³/mol. The number of benzene rings is 3. The first-order valence-corrected chi connectivity index (χ1v) is 11.3. The number of carbonyl (C=O) groups excluding carboxylic acids is 2. The van der Waals surface area contributed by atoms with Gasteiger partial charge in [0.25, 0.3) is 0 Å². The number of halogens is 1. The summed E-state index contributed by atoms with van der Waals surface area (Å²) in [4.78, 5) is 36.0. The number of rotatable bonds is 8. The molecular weight excluding hydrogens is 451 g/mol. The van der Waals surface area contributed by atoms with Crippen LogP contribution in [0.25, 0.3) is 11.1 Å². The average Bonchev–Trinajstić information content (AvgIpc) is 3.17. The molecule has 35 heavy (non-hydrogen) atoms. The molecule has 1 atom stereocenters. The van der Waals surface area contributed by atoms with Crippen molar-refractivity contribution in [1.29, 1.82) is 0 Å². The van der Waals surface area contributed by atoms with Gasteiger partial charge in [-0.15, -0.1) is 0 Å². The van der Waals surface area contributed by atoms with Gasteiger partial charge in [0.05, 0.1) is 5.56 Å². The van der Waals surface area contributed by atoms with E-state index in [4.69, 9.17) is 9.84 Å². The third-order valence-corrected chi connectivity index (χ3v) is 6.07. The Balaban J connectivity index is 1.34. The number of carboxylic acids is 1. The highest BCUT2D eigenvalue weighted by atomic mass is 19.1. The number of anilines is 1. The lowest BCUT2D eigenvalue weighted by Gasteiger charge is -2.19. The fourth-order valence-corrected chi connectivity index (χ4v) is 4.31. The van der Waals surface area contributed by atoms with Gasteiger partial charge in [-0.2, -0.15) is 0 Å². The van der Waals surface area contributed by atoms with E-state index in [0.29, 0.717) is 6.42 Å². The second kappa shape index (κ2) is 10.4. The maximum Gasteiger partial charge on any atom is 0.407 e. The number of amides is 2. The number of aromatic carboxylic acids is 1. The second-order valence-electron chi connectivity index (χ2n) is 8.33. The lowest BCUT2D eigenvalue weighted by molar-refractivity contribution is -0.116. The molecule has 0 fully saturated rings. The summed E-state index contributed by atoms with van der Waals surface area (Å²) in [5.41, 5.74) is 4.09. The van der Waals surface area contributed by atoms with E-state index in [0.717, 1.165) is 34.4 Å². The fraction of sp³-hybridized carbons (Fsp3) is 0.222. The molecular formula is C27H25FN2O5. The molecule has 7 nitrogen and oxygen atoms in total. The number of fused-ring (bicyclic) bond motifs is 3. The van der Waals surface area contributed by atoms with E-state index in [1.807, 2.05) is 43.3 Å². The summed E-state index contributed by atoms with van der Waals surface area (Å²) in [7, 11) is 0. The number of nitrogens with one attached hydrogen (secondary N) is 2. The van der Waals surface area contributed by atoms with Crippen molar-refractivity contribution in [2.75, 3.05) is 11.9 Å². The van der Waals surface area contributed by atoms with Gasteiger partial charge in [-0.05, 0) is 46.9 Å². The predicted octanol–water partition coefficient (Wildman–Crippen LogP) is 5.17. The summed E-state index contributed by atoms with van der Waals surface area (Å²) in [6.07, 6.45) is -0.205. The molecule has 3 aromatic carbocycles.